The fourth-order valence-electron chi connectivity index (χ4n) is 7.37. The highest BCUT2D eigenvalue weighted by molar-refractivity contribution is 5.98. The van der Waals surface area contributed by atoms with Gasteiger partial charge in [0.05, 0.1) is 25.9 Å². The Balaban J connectivity index is 1.41. The summed E-state index contributed by atoms with van der Waals surface area (Å²) in [5, 5.41) is 11.8. The molecule has 5 atom stereocenters. The maximum Gasteiger partial charge on any atom is 0.243 e. The average molecular weight is 804 g/mol. The summed E-state index contributed by atoms with van der Waals surface area (Å²) < 4.78 is 10.9. The van der Waals surface area contributed by atoms with E-state index in [1.807, 2.05) is 88.4 Å². The summed E-state index contributed by atoms with van der Waals surface area (Å²) in [4.78, 5) is 71.3. The number of epoxide rings is 1. The molecule has 320 valence electrons. The van der Waals surface area contributed by atoms with Crippen LogP contribution in [0.1, 0.15) is 104 Å². The summed E-state index contributed by atoms with van der Waals surface area (Å²) in [6, 6.07) is 15.5. The van der Waals surface area contributed by atoms with E-state index in [-0.39, 0.29) is 29.9 Å². The molecular weight excluding hydrogens is 735 g/mol. The number of nitrogens with one attached hydrogen (secondary N) is 4. The van der Waals surface area contributed by atoms with Crippen molar-refractivity contribution in [2.45, 2.75) is 135 Å². The highest BCUT2D eigenvalue weighted by atomic mass is 16.6. The van der Waals surface area contributed by atoms with Crippen molar-refractivity contribution in [3.05, 3.63) is 71.8 Å². The van der Waals surface area contributed by atoms with Gasteiger partial charge in [-0.1, -0.05) is 108 Å². The first-order chi connectivity index (χ1) is 27.8. The lowest BCUT2D eigenvalue weighted by Crippen LogP contribution is -2.59. The van der Waals surface area contributed by atoms with Gasteiger partial charge in [0.1, 0.15) is 23.7 Å². The monoisotopic (exact) mass is 804 g/mol. The molecule has 4 N–H and O–H groups in total. The number of ketones is 1. The number of carbonyl (C=O) groups excluding carboxylic acids is 5. The summed E-state index contributed by atoms with van der Waals surface area (Å²) >= 11 is 0. The van der Waals surface area contributed by atoms with Crippen molar-refractivity contribution >= 4 is 29.4 Å². The zero-order valence-electron chi connectivity index (χ0n) is 35.6. The smallest absolute Gasteiger partial charge is 0.243 e. The average Bonchev–Trinajstić information content (AvgIpc) is 3.96. The van der Waals surface area contributed by atoms with E-state index in [0.717, 1.165) is 76.1 Å². The molecule has 0 radical (unpaired) electrons. The number of unbranched alkanes of at least 4 members (excludes halogenated alkanes) is 4. The minimum absolute atomic E-state index is 0.0241. The SMILES string of the molecule is CC(C)C[C@H](NC(=O)[C@H](CCc1ccccc1)NC(=O)CCCCCCCN1CCOCC1)C(=O)N[C@@H](Cc1ccccc1)C(=O)N[C@@H](CC(C)C)C(=O)[C@@]1(C)CO1. The molecule has 2 aliphatic heterocycles. The van der Waals surface area contributed by atoms with E-state index in [1.54, 1.807) is 6.92 Å². The first-order valence-corrected chi connectivity index (χ1v) is 21.6. The molecule has 0 aromatic heterocycles. The van der Waals surface area contributed by atoms with Gasteiger partial charge in [0.25, 0.3) is 0 Å². The third-order valence-corrected chi connectivity index (χ3v) is 10.9. The number of nitrogens with zero attached hydrogens (tertiary/aromatic N) is 1. The maximum atomic E-state index is 14.2. The van der Waals surface area contributed by atoms with E-state index in [9.17, 15) is 24.0 Å². The molecule has 2 heterocycles. The minimum Gasteiger partial charge on any atom is -0.379 e. The molecule has 2 aromatic carbocycles. The van der Waals surface area contributed by atoms with Crippen LogP contribution in [0, 0.1) is 11.8 Å². The molecule has 4 amide bonds. The van der Waals surface area contributed by atoms with Gasteiger partial charge in [-0.3, -0.25) is 28.9 Å². The van der Waals surface area contributed by atoms with Crippen molar-refractivity contribution in [1.82, 2.24) is 26.2 Å². The number of benzene rings is 2. The topological polar surface area (TPSA) is 158 Å². The van der Waals surface area contributed by atoms with E-state index >= 15 is 0 Å². The van der Waals surface area contributed by atoms with E-state index in [4.69, 9.17) is 9.47 Å². The van der Waals surface area contributed by atoms with Crippen molar-refractivity contribution in [1.29, 1.82) is 0 Å². The van der Waals surface area contributed by atoms with Crippen molar-refractivity contribution in [3.63, 3.8) is 0 Å². The predicted octanol–water partition coefficient (Wildman–Crippen LogP) is 4.92. The number of carbonyl (C=O) groups is 5. The maximum absolute atomic E-state index is 14.2. The largest absolute Gasteiger partial charge is 0.379 e. The fourth-order valence-corrected chi connectivity index (χ4v) is 7.37. The molecule has 4 rings (SSSR count). The second-order valence-corrected chi connectivity index (χ2v) is 17.1. The number of aryl methyl sites for hydroxylation is 1. The van der Waals surface area contributed by atoms with Crippen LogP contribution in [0.15, 0.2) is 60.7 Å². The number of Topliss-reactive ketones (excluding diaryl/α,β-unsaturated/α-hetero) is 1. The summed E-state index contributed by atoms with van der Waals surface area (Å²) in [6.07, 6.45) is 7.10. The molecule has 0 aliphatic carbocycles. The van der Waals surface area contributed by atoms with Gasteiger partial charge >= 0.3 is 0 Å². The van der Waals surface area contributed by atoms with Gasteiger partial charge in [0.15, 0.2) is 5.78 Å². The molecule has 0 bridgehead atoms. The van der Waals surface area contributed by atoms with Crippen molar-refractivity contribution < 1.29 is 33.4 Å². The number of hydrogen-bond donors (Lipinski definition) is 4. The molecular formula is C46H69N5O7. The van der Waals surface area contributed by atoms with Crippen LogP contribution in [0.25, 0.3) is 0 Å². The Morgan fingerprint density at radius 3 is 1.79 bits per heavy atom. The molecule has 2 saturated heterocycles. The van der Waals surface area contributed by atoms with Crippen LogP contribution < -0.4 is 21.3 Å². The standard InChI is InChI=1S/C46H69N5O7/c1-33(2)29-38(42(53)46(5)32-58-46)48-45(56)40(31-36-19-13-10-14-20-36)50-44(55)39(30-34(3)4)49-43(54)37(23-22-35-17-11-9-12-18-35)47-41(52)21-15-7-6-8-16-24-51-25-27-57-28-26-51/h9-14,17-20,33-34,37-40H,6-8,15-16,21-32H2,1-5H3,(H,47,52)(H,48,56)(H,49,54)(H,50,55)/t37-,38-,39-,40-,46+/m0/s1. The summed E-state index contributed by atoms with van der Waals surface area (Å²) in [5.41, 5.74) is 0.940. The van der Waals surface area contributed by atoms with Gasteiger partial charge in [0, 0.05) is 25.9 Å². The highest BCUT2D eigenvalue weighted by Crippen LogP contribution is 2.29. The molecule has 2 aromatic rings. The highest BCUT2D eigenvalue weighted by Gasteiger charge is 2.50. The lowest BCUT2D eigenvalue weighted by atomic mass is 9.93. The van der Waals surface area contributed by atoms with Crippen LogP contribution in [-0.2, 0) is 46.3 Å². The molecule has 2 aliphatic rings. The first-order valence-electron chi connectivity index (χ1n) is 21.6. The fraction of sp³-hybridized carbons (Fsp3) is 0.630. The second-order valence-electron chi connectivity index (χ2n) is 17.1. The lowest BCUT2D eigenvalue weighted by molar-refractivity contribution is -0.135. The Morgan fingerprint density at radius 2 is 1.17 bits per heavy atom. The Hall–Kier alpha value is -4.13. The van der Waals surface area contributed by atoms with Crippen LogP contribution in [-0.4, -0.2) is 104 Å². The van der Waals surface area contributed by atoms with Crippen molar-refractivity contribution in [2.24, 2.45) is 11.8 Å². The lowest BCUT2D eigenvalue weighted by Gasteiger charge is -2.28. The Morgan fingerprint density at radius 1 is 0.655 bits per heavy atom. The van der Waals surface area contributed by atoms with Crippen LogP contribution in [0.3, 0.4) is 0 Å². The van der Waals surface area contributed by atoms with E-state index in [0.29, 0.717) is 38.7 Å². The third kappa shape index (κ3) is 16.6. The molecule has 0 saturated carbocycles. The van der Waals surface area contributed by atoms with Crippen LogP contribution in [0.2, 0.25) is 0 Å². The number of amides is 4. The third-order valence-electron chi connectivity index (χ3n) is 10.9. The summed E-state index contributed by atoms with van der Waals surface area (Å²) in [5.74, 6) is -1.68. The van der Waals surface area contributed by atoms with E-state index in [1.165, 1.54) is 0 Å². The van der Waals surface area contributed by atoms with Gasteiger partial charge in [-0.15, -0.1) is 0 Å². The van der Waals surface area contributed by atoms with Crippen molar-refractivity contribution in [3.8, 4) is 0 Å². The second kappa shape index (κ2) is 24.1. The Kier molecular flexibility index (Phi) is 19.3. The number of ether oxygens (including phenoxy) is 2. The molecule has 2 fully saturated rings. The van der Waals surface area contributed by atoms with Gasteiger partial charge < -0.3 is 30.7 Å². The minimum atomic E-state index is -1.02. The van der Waals surface area contributed by atoms with Crippen LogP contribution in [0.5, 0.6) is 0 Å². The van der Waals surface area contributed by atoms with E-state index in [2.05, 4.69) is 26.2 Å². The van der Waals surface area contributed by atoms with Crippen LogP contribution >= 0.6 is 0 Å². The quantitative estimate of drug-likeness (QED) is 0.0771. The number of rotatable bonds is 26. The Bertz CT molecular complexity index is 1580. The molecule has 0 spiro atoms. The van der Waals surface area contributed by atoms with Gasteiger partial charge in [-0.2, -0.15) is 0 Å². The van der Waals surface area contributed by atoms with E-state index < -0.39 is 47.5 Å². The summed E-state index contributed by atoms with van der Waals surface area (Å²) in [6.45, 7) is 14.6. The van der Waals surface area contributed by atoms with Gasteiger partial charge in [-0.25, -0.2) is 0 Å². The predicted molar refractivity (Wildman–Crippen MR) is 226 cm³/mol. The van der Waals surface area contributed by atoms with Crippen molar-refractivity contribution in [2.75, 3.05) is 39.5 Å². The number of morpholine rings is 1. The Labute approximate surface area is 346 Å². The normalized spacial score (nSPS) is 18.8. The zero-order valence-corrected chi connectivity index (χ0v) is 35.6. The summed E-state index contributed by atoms with van der Waals surface area (Å²) in [7, 11) is 0. The number of hydrogen-bond acceptors (Lipinski definition) is 8. The van der Waals surface area contributed by atoms with Gasteiger partial charge in [-0.05, 0) is 75.0 Å². The van der Waals surface area contributed by atoms with Gasteiger partial charge in [0.2, 0.25) is 23.6 Å². The molecule has 58 heavy (non-hydrogen) atoms. The molecule has 12 nitrogen and oxygen atoms in total. The zero-order chi connectivity index (χ0) is 41.9. The first kappa shape index (κ1) is 46.6. The molecule has 12 heteroatoms. The van der Waals surface area contributed by atoms with Crippen LogP contribution in [0.4, 0.5) is 0 Å². The molecule has 0 unspecified atom stereocenters.